The van der Waals surface area contributed by atoms with Gasteiger partial charge in [-0.3, -0.25) is 4.79 Å². The molecule has 0 radical (unpaired) electrons. The molecular formula is C21H29N5O2. The van der Waals surface area contributed by atoms with Crippen LogP contribution in [0.25, 0.3) is 0 Å². The maximum absolute atomic E-state index is 12.3. The lowest BCUT2D eigenvalue weighted by Gasteiger charge is -2.38. The van der Waals surface area contributed by atoms with Gasteiger partial charge < -0.3 is 19.9 Å². The van der Waals surface area contributed by atoms with Gasteiger partial charge in [-0.2, -0.15) is 5.26 Å². The Morgan fingerprint density at radius 1 is 1.21 bits per heavy atom. The number of hydrogen-bond acceptors (Lipinski definition) is 6. The van der Waals surface area contributed by atoms with Crippen molar-refractivity contribution >= 4 is 11.7 Å². The second-order valence-corrected chi connectivity index (χ2v) is 8.31. The van der Waals surface area contributed by atoms with Gasteiger partial charge in [-0.15, -0.1) is 0 Å². The molecule has 28 heavy (non-hydrogen) atoms. The standard InChI is InChI=1S/C21H29N5O2/c22-10-18-2-1-7-23-21(18)24-11-19-14-26(20(27)15-28-19)13-17-5-8-25(9-6-17)12-16-3-4-16/h1-2,7,16-17,19H,3-6,8-9,11-15H2,(H,23,24)/t19-/m0/s1. The summed E-state index contributed by atoms with van der Waals surface area (Å²) in [6, 6.07) is 5.62. The third-order valence-electron chi connectivity index (χ3n) is 6.04. The fourth-order valence-corrected chi connectivity index (χ4v) is 4.16. The first-order valence-corrected chi connectivity index (χ1v) is 10.4. The highest BCUT2D eigenvalue weighted by Crippen LogP contribution is 2.31. The van der Waals surface area contributed by atoms with E-state index >= 15 is 0 Å². The number of carbonyl (C=O) groups is 1. The SMILES string of the molecule is N#Cc1cccnc1NC[C@H]1CN(CC2CCN(CC3CC3)CC2)C(=O)CO1. The molecule has 3 heterocycles. The number of nitriles is 1. The molecule has 0 bridgehead atoms. The van der Waals surface area contributed by atoms with Crippen LogP contribution in [0.4, 0.5) is 5.82 Å². The van der Waals surface area contributed by atoms with Crippen LogP contribution >= 0.6 is 0 Å². The highest BCUT2D eigenvalue weighted by atomic mass is 16.5. The van der Waals surface area contributed by atoms with E-state index in [0.29, 0.717) is 30.4 Å². The maximum Gasteiger partial charge on any atom is 0.248 e. The van der Waals surface area contributed by atoms with Gasteiger partial charge in [0.25, 0.3) is 0 Å². The number of carbonyl (C=O) groups excluding carboxylic acids is 1. The first-order valence-electron chi connectivity index (χ1n) is 10.4. The van der Waals surface area contributed by atoms with Gasteiger partial charge in [0, 0.05) is 32.4 Å². The minimum Gasteiger partial charge on any atom is -0.366 e. The van der Waals surface area contributed by atoms with Crippen LogP contribution in [-0.2, 0) is 9.53 Å². The number of anilines is 1. The maximum atomic E-state index is 12.3. The monoisotopic (exact) mass is 383 g/mol. The second kappa shape index (κ2) is 8.89. The van der Waals surface area contributed by atoms with Crippen molar-refractivity contribution in [2.75, 3.05) is 51.2 Å². The first-order chi connectivity index (χ1) is 13.7. The molecule has 0 aromatic carbocycles. The molecular weight excluding hydrogens is 354 g/mol. The van der Waals surface area contributed by atoms with Gasteiger partial charge in [0.1, 0.15) is 18.5 Å². The van der Waals surface area contributed by atoms with Crippen molar-refractivity contribution in [2.45, 2.75) is 31.8 Å². The molecule has 1 atom stereocenters. The molecule has 7 nitrogen and oxygen atoms in total. The molecule has 1 N–H and O–H groups in total. The summed E-state index contributed by atoms with van der Waals surface area (Å²) < 4.78 is 5.70. The third kappa shape index (κ3) is 5.00. The number of rotatable bonds is 7. The summed E-state index contributed by atoms with van der Waals surface area (Å²) in [7, 11) is 0. The summed E-state index contributed by atoms with van der Waals surface area (Å²) in [5, 5.41) is 12.4. The van der Waals surface area contributed by atoms with Crippen LogP contribution in [0.1, 0.15) is 31.2 Å². The minimum absolute atomic E-state index is 0.0822. The summed E-state index contributed by atoms with van der Waals surface area (Å²) in [5.74, 6) is 2.20. The van der Waals surface area contributed by atoms with Crippen molar-refractivity contribution in [3.05, 3.63) is 23.9 Å². The molecule has 1 aliphatic carbocycles. The molecule has 2 saturated heterocycles. The molecule has 7 heteroatoms. The molecule has 0 spiro atoms. The number of ether oxygens (including phenoxy) is 1. The average molecular weight is 383 g/mol. The Kier molecular flexibility index (Phi) is 6.08. The van der Waals surface area contributed by atoms with E-state index in [2.05, 4.69) is 21.3 Å². The highest BCUT2D eigenvalue weighted by molar-refractivity contribution is 5.78. The molecule has 1 aromatic heterocycles. The summed E-state index contributed by atoms with van der Waals surface area (Å²) in [5.41, 5.74) is 0.518. The van der Waals surface area contributed by atoms with Crippen LogP contribution in [0, 0.1) is 23.2 Å². The summed E-state index contributed by atoms with van der Waals surface area (Å²) in [6.45, 7) is 5.72. The predicted molar refractivity (Wildman–Crippen MR) is 106 cm³/mol. The molecule has 4 rings (SSSR count). The Balaban J connectivity index is 1.24. The fourth-order valence-electron chi connectivity index (χ4n) is 4.16. The summed E-state index contributed by atoms with van der Waals surface area (Å²) >= 11 is 0. The zero-order valence-corrected chi connectivity index (χ0v) is 16.3. The number of amides is 1. The molecule has 2 aliphatic heterocycles. The number of aromatic nitrogens is 1. The largest absolute Gasteiger partial charge is 0.366 e. The zero-order chi connectivity index (χ0) is 19.3. The molecule has 1 amide bonds. The van der Waals surface area contributed by atoms with E-state index in [0.717, 1.165) is 12.5 Å². The molecule has 0 unspecified atom stereocenters. The topological polar surface area (TPSA) is 81.5 Å². The Hall–Kier alpha value is -2.17. The number of nitrogens with one attached hydrogen (secondary N) is 1. The number of piperidine rings is 1. The summed E-state index contributed by atoms with van der Waals surface area (Å²) in [4.78, 5) is 21.1. The van der Waals surface area contributed by atoms with E-state index in [9.17, 15) is 4.79 Å². The lowest BCUT2D eigenvalue weighted by molar-refractivity contribution is -0.149. The molecule has 3 fully saturated rings. The molecule has 150 valence electrons. The van der Waals surface area contributed by atoms with Gasteiger partial charge in [0.05, 0.1) is 11.7 Å². The van der Waals surface area contributed by atoms with Crippen LogP contribution in [0.2, 0.25) is 0 Å². The number of hydrogen-bond donors (Lipinski definition) is 1. The van der Waals surface area contributed by atoms with Crippen molar-refractivity contribution in [1.82, 2.24) is 14.8 Å². The van der Waals surface area contributed by atoms with E-state index in [1.807, 2.05) is 4.90 Å². The van der Waals surface area contributed by atoms with Crippen molar-refractivity contribution in [3.8, 4) is 6.07 Å². The van der Waals surface area contributed by atoms with Gasteiger partial charge in [-0.25, -0.2) is 4.98 Å². The van der Waals surface area contributed by atoms with Crippen LogP contribution in [0.15, 0.2) is 18.3 Å². The lowest BCUT2D eigenvalue weighted by atomic mass is 9.95. The van der Waals surface area contributed by atoms with Crippen molar-refractivity contribution in [2.24, 2.45) is 11.8 Å². The quantitative estimate of drug-likeness (QED) is 0.772. The van der Waals surface area contributed by atoms with Crippen molar-refractivity contribution < 1.29 is 9.53 Å². The van der Waals surface area contributed by atoms with E-state index in [1.165, 1.54) is 45.3 Å². The van der Waals surface area contributed by atoms with Crippen molar-refractivity contribution in [3.63, 3.8) is 0 Å². The normalized spacial score (nSPS) is 24.2. The zero-order valence-electron chi connectivity index (χ0n) is 16.3. The first kappa shape index (κ1) is 19.2. The third-order valence-corrected chi connectivity index (χ3v) is 6.04. The fraction of sp³-hybridized carbons (Fsp3) is 0.667. The average Bonchev–Trinajstić information content (AvgIpc) is 3.54. The Morgan fingerprint density at radius 3 is 2.75 bits per heavy atom. The highest BCUT2D eigenvalue weighted by Gasteiger charge is 2.31. The van der Waals surface area contributed by atoms with Crippen LogP contribution in [0.3, 0.4) is 0 Å². The van der Waals surface area contributed by atoms with Crippen LogP contribution < -0.4 is 5.32 Å². The van der Waals surface area contributed by atoms with Crippen LogP contribution in [0.5, 0.6) is 0 Å². The Morgan fingerprint density at radius 2 is 2.00 bits per heavy atom. The van der Waals surface area contributed by atoms with Gasteiger partial charge in [-0.1, -0.05) is 0 Å². The predicted octanol–water partition coefficient (Wildman–Crippen LogP) is 1.71. The number of morpholine rings is 1. The van der Waals surface area contributed by atoms with E-state index < -0.39 is 0 Å². The van der Waals surface area contributed by atoms with E-state index in [-0.39, 0.29) is 18.6 Å². The lowest BCUT2D eigenvalue weighted by Crippen LogP contribution is -2.51. The van der Waals surface area contributed by atoms with Gasteiger partial charge in [0.2, 0.25) is 5.91 Å². The van der Waals surface area contributed by atoms with Crippen LogP contribution in [-0.4, -0.2) is 72.7 Å². The minimum atomic E-state index is -0.0822. The van der Waals surface area contributed by atoms with Crippen molar-refractivity contribution in [1.29, 1.82) is 5.26 Å². The summed E-state index contributed by atoms with van der Waals surface area (Å²) in [6.07, 6.45) is 6.76. The Labute approximate surface area is 166 Å². The number of nitrogens with zero attached hydrogens (tertiary/aromatic N) is 4. The van der Waals surface area contributed by atoms with E-state index in [1.54, 1.807) is 18.3 Å². The molecule has 1 aromatic rings. The number of pyridine rings is 1. The second-order valence-electron chi connectivity index (χ2n) is 8.31. The van der Waals surface area contributed by atoms with E-state index in [4.69, 9.17) is 10.00 Å². The molecule has 1 saturated carbocycles. The van der Waals surface area contributed by atoms with Gasteiger partial charge in [-0.05, 0) is 62.7 Å². The smallest absolute Gasteiger partial charge is 0.248 e. The number of likely N-dealkylation sites (tertiary alicyclic amines) is 1. The molecule has 3 aliphatic rings. The van der Waals surface area contributed by atoms with Gasteiger partial charge >= 0.3 is 0 Å². The Bertz CT molecular complexity index is 722. The van der Waals surface area contributed by atoms with Gasteiger partial charge in [0.15, 0.2) is 0 Å².